The summed E-state index contributed by atoms with van der Waals surface area (Å²) >= 11 is 0. The summed E-state index contributed by atoms with van der Waals surface area (Å²) in [6.45, 7) is 3.24. The van der Waals surface area contributed by atoms with Crippen LogP contribution in [0.5, 0.6) is 0 Å². The minimum Gasteiger partial charge on any atom is -0.462 e. The van der Waals surface area contributed by atoms with Crippen LogP contribution in [-0.4, -0.2) is 19.1 Å². The predicted octanol–water partition coefficient (Wildman–Crippen LogP) is 3.86. The molecule has 0 bridgehead atoms. The van der Waals surface area contributed by atoms with Crippen molar-refractivity contribution < 1.29 is 9.53 Å². The van der Waals surface area contributed by atoms with Gasteiger partial charge in [0.25, 0.3) is 0 Å². The number of rotatable bonds is 5. The lowest BCUT2D eigenvalue weighted by atomic mass is 9.89. The predicted molar refractivity (Wildman–Crippen MR) is 77.5 cm³/mol. The van der Waals surface area contributed by atoms with Gasteiger partial charge in [-0.05, 0) is 43.9 Å². The van der Waals surface area contributed by atoms with E-state index in [-0.39, 0.29) is 5.97 Å². The highest BCUT2D eigenvalue weighted by atomic mass is 16.5. The fourth-order valence-corrected chi connectivity index (χ4v) is 2.62. The van der Waals surface area contributed by atoms with Gasteiger partial charge in [-0.2, -0.15) is 0 Å². The topological polar surface area (TPSA) is 38.3 Å². The molecule has 0 spiro atoms. The summed E-state index contributed by atoms with van der Waals surface area (Å²) in [7, 11) is 0. The average Bonchev–Trinajstić information content (AvgIpc) is 2.47. The monoisotopic (exact) mass is 261 g/mol. The molecule has 1 aliphatic carbocycles. The van der Waals surface area contributed by atoms with Crippen molar-refractivity contribution in [2.24, 2.45) is 5.92 Å². The average molecular weight is 261 g/mol. The van der Waals surface area contributed by atoms with Gasteiger partial charge >= 0.3 is 5.97 Å². The molecule has 0 aliphatic heterocycles. The van der Waals surface area contributed by atoms with Crippen molar-refractivity contribution in [1.29, 1.82) is 0 Å². The lowest BCUT2D eigenvalue weighted by molar-refractivity contribution is 0.0526. The molecule has 0 aromatic heterocycles. The first kappa shape index (κ1) is 13.9. The van der Waals surface area contributed by atoms with Gasteiger partial charge in [0.15, 0.2) is 0 Å². The minimum atomic E-state index is -0.246. The summed E-state index contributed by atoms with van der Waals surface area (Å²) in [4.78, 5) is 11.7. The van der Waals surface area contributed by atoms with Gasteiger partial charge in [0.2, 0.25) is 0 Å². The maximum atomic E-state index is 11.7. The van der Waals surface area contributed by atoms with E-state index in [9.17, 15) is 4.79 Å². The Bertz CT molecular complexity index is 411. The third-order valence-corrected chi connectivity index (χ3v) is 3.69. The fourth-order valence-electron chi connectivity index (χ4n) is 2.62. The van der Waals surface area contributed by atoms with Crippen molar-refractivity contribution in [3.63, 3.8) is 0 Å². The molecule has 2 rings (SSSR count). The number of hydrogen-bond donors (Lipinski definition) is 1. The zero-order valence-corrected chi connectivity index (χ0v) is 11.7. The molecule has 1 saturated carbocycles. The second kappa shape index (κ2) is 7.17. The van der Waals surface area contributed by atoms with Crippen molar-refractivity contribution in [2.75, 3.05) is 18.5 Å². The Morgan fingerprint density at radius 3 is 2.84 bits per heavy atom. The van der Waals surface area contributed by atoms with Crippen LogP contribution in [0.15, 0.2) is 24.3 Å². The van der Waals surface area contributed by atoms with Crippen LogP contribution in [-0.2, 0) is 4.74 Å². The number of carbonyl (C=O) groups is 1. The zero-order chi connectivity index (χ0) is 13.5. The van der Waals surface area contributed by atoms with Crippen LogP contribution in [0.3, 0.4) is 0 Å². The van der Waals surface area contributed by atoms with Crippen LogP contribution < -0.4 is 5.32 Å². The maximum absolute atomic E-state index is 11.7. The quantitative estimate of drug-likeness (QED) is 0.818. The van der Waals surface area contributed by atoms with Crippen molar-refractivity contribution in [1.82, 2.24) is 0 Å². The first-order chi connectivity index (χ1) is 9.29. The van der Waals surface area contributed by atoms with E-state index in [1.165, 1.54) is 32.1 Å². The first-order valence-electron chi connectivity index (χ1n) is 7.30. The van der Waals surface area contributed by atoms with Crippen molar-refractivity contribution in [3.8, 4) is 0 Å². The smallest absolute Gasteiger partial charge is 0.338 e. The molecule has 104 valence electrons. The third kappa shape index (κ3) is 4.27. The number of carbonyl (C=O) groups excluding carboxylic acids is 1. The Hall–Kier alpha value is -1.51. The Labute approximate surface area is 115 Å². The SMILES string of the molecule is CCOC(=O)c1cccc(NCC2CCCCC2)c1. The summed E-state index contributed by atoms with van der Waals surface area (Å²) < 4.78 is 5.01. The molecular weight excluding hydrogens is 238 g/mol. The maximum Gasteiger partial charge on any atom is 0.338 e. The molecule has 0 amide bonds. The van der Waals surface area contributed by atoms with Crippen molar-refractivity contribution in [3.05, 3.63) is 29.8 Å². The van der Waals surface area contributed by atoms with Crippen LogP contribution in [0, 0.1) is 5.92 Å². The molecule has 1 aromatic rings. The number of nitrogens with one attached hydrogen (secondary N) is 1. The minimum absolute atomic E-state index is 0.246. The normalized spacial score (nSPS) is 16.1. The van der Waals surface area contributed by atoms with Crippen molar-refractivity contribution in [2.45, 2.75) is 39.0 Å². The molecule has 3 nitrogen and oxygen atoms in total. The first-order valence-corrected chi connectivity index (χ1v) is 7.30. The summed E-state index contributed by atoms with van der Waals surface area (Å²) in [5.74, 6) is 0.531. The molecule has 3 heteroatoms. The second-order valence-corrected chi connectivity index (χ2v) is 5.19. The number of benzene rings is 1. The zero-order valence-electron chi connectivity index (χ0n) is 11.7. The van der Waals surface area contributed by atoms with E-state index in [1.54, 1.807) is 6.07 Å². The number of hydrogen-bond acceptors (Lipinski definition) is 3. The van der Waals surface area contributed by atoms with E-state index in [0.29, 0.717) is 12.2 Å². The second-order valence-electron chi connectivity index (χ2n) is 5.19. The van der Waals surface area contributed by atoms with Gasteiger partial charge in [-0.1, -0.05) is 25.3 Å². The highest BCUT2D eigenvalue weighted by Gasteiger charge is 2.13. The number of ether oxygens (including phenoxy) is 1. The van der Waals surface area contributed by atoms with Crippen LogP contribution in [0.4, 0.5) is 5.69 Å². The van der Waals surface area contributed by atoms with Crippen molar-refractivity contribution >= 4 is 11.7 Å². The Morgan fingerprint density at radius 2 is 2.11 bits per heavy atom. The fraction of sp³-hybridized carbons (Fsp3) is 0.562. The van der Waals surface area contributed by atoms with E-state index in [0.717, 1.165) is 18.2 Å². The molecule has 19 heavy (non-hydrogen) atoms. The standard InChI is InChI=1S/C16H23NO2/c1-2-19-16(18)14-9-6-10-15(11-14)17-12-13-7-4-3-5-8-13/h6,9-11,13,17H,2-5,7-8,12H2,1H3. The summed E-state index contributed by atoms with van der Waals surface area (Å²) in [5, 5.41) is 3.44. The van der Waals surface area contributed by atoms with E-state index < -0.39 is 0 Å². The van der Waals surface area contributed by atoms with Crippen LogP contribution in [0.1, 0.15) is 49.4 Å². The van der Waals surface area contributed by atoms with Gasteiger partial charge in [-0.3, -0.25) is 0 Å². The molecule has 0 radical (unpaired) electrons. The van der Waals surface area contributed by atoms with Crippen LogP contribution >= 0.6 is 0 Å². The molecule has 0 unspecified atom stereocenters. The highest BCUT2D eigenvalue weighted by Crippen LogP contribution is 2.24. The molecule has 0 saturated heterocycles. The molecule has 0 heterocycles. The molecule has 0 atom stereocenters. The summed E-state index contributed by atoms with van der Waals surface area (Å²) in [5.41, 5.74) is 1.63. The lowest BCUT2D eigenvalue weighted by Crippen LogP contribution is -2.17. The van der Waals surface area contributed by atoms with Gasteiger partial charge < -0.3 is 10.1 Å². The van der Waals surface area contributed by atoms with E-state index in [1.807, 2.05) is 25.1 Å². The van der Waals surface area contributed by atoms with Gasteiger partial charge in [0, 0.05) is 12.2 Å². The Kier molecular flexibility index (Phi) is 5.25. The van der Waals surface area contributed by atoms with E-state index >= 15 is 0 Å². The Balaban J connectivity index is 1.89. The number of esters is 1. The van der Waals surface area contributed by atoms with Crippen LogP contribution in [0.2, 0.25) is 0 Å². The third-order valence-electron chi connectivity index (χ3n) is 3.69. The largest absolute Gasteiger partial charge is 0.462 e. The van der Waals surface area contributed by atoms with E-state index in [4.69, 9.17) is 4.74 Å². The Morgan fingerprint density at radius 1 is 1.32 bits per heavy atom. The lowest BCUT2D eigenvalue weighted by Gasteiger charge is -2.22. The molecule has 1 N–H and O–H groups in total. The van der Waals surface area contributed by atoms with Gasteiger partial charge in [0.1, 0.15) is 0 Å². The number of anilines is 1. The molecule has 1 aliphatic rings. The van der Waals surface area contributed by atoms with E-state index in [2.05, 4.69) is 5.32 Å². The van der Waals surface area contributed by atoms with Crippen LogP contribution in [0.25, 0.3) is 0 Å². The van der Waals surface area contributed by atoms with Gasteiger partial charge in [0.05, 0.1) is 12.2 Å². The highest BCUT2D eigenvalue weighted by molar-refractivity contribution is 5.90. The van der Waals surface area contributed by atoms with Gasteiger partial charge in [-0.25, -0.2) is 4.79 Å². The molecule has 1 fully saturated rings. The summed E-state index contributed by atoms with van der Waals surface area (Å²) in [6, 6.07) is 7.58. The molecule has 1 aromatic carbocycles. The summed E-state index contributed by atoms with van der Waals surface area (Å²) in [6.07, 6.45) is 6.74. The molecular formula is C16H23NO2. The van der Waals surface area contributed by atoms with Gasteiger partial charge in [-0.15, -0.1) is 0 Å².